The number of aryl methyl sites for hydroxylation is 2. The number of aliphatic hydroxyl groups excluding tert-OH is 1. The number of hydrogen-bond donors (Lipinski definition) is 3. The number of alkyl halides is 2. The Morgan fingerprint density at radius 1 is 1.39 bits per heavy atom. The number of aliphatic hydroxyl groups is 1. The first kappa shape index (κ1) is 27.3. The summed E-state index contributed by atoms with van der Waals surface area (Å²) in [6, 6.07) is 1.92. The van der Waals surface area contributed by atoms with Crippen molar-refractivity contribution < 1.29 is 18.7 Å². The molecule has 0 bridgehead atoms. The van der Waals surface area contributed by atoms with Gasteiger partial charge < -0.3 is 15.3 Å². The lowest BCUT2D eigenvalue weighted by atomic mass is 10.1. The van der Waals surface area contributed by atoms with E-state index in [4.69, 9.17) is 4.84 Å². The summed E-state index contributed by atoms with van der Waals surface area (Å²) in [5.74, 6) is 6.92. The van der Waals surface area contributed by atoms with Crippen LogP contribution >= 0.6 is 0 Å². The molecule has 36 heavy (non-hydrogen) atoms. The average molecular weight is 501 g/mol. The van der Waals surface area contributed by atoms with Crippen LogP contribution in [0.1, 0.15) is 67.4 Å². The molecular formula is C26H34F2N6O2. The number of hydrogen-bond acceptors (Lipinski definition) is 7. The summed E-state index contributed by atoms with van der Waals surface area (Å²) in [6.45, 7) is 9.83. The topological polar surface area (TPSA) is 96.6 Å². The molecule has 0 radical (unpaired) electrons. The highest BCUT2D eigenvalue weighted by Gasteiger charge is 2.24. The molecule has 194 valence electrons. The quantitative estimate of drug-likeness (QED) is 0.189. The number of nitrogens with zero attached hydrogens (tertiary/aromatic N) is 4. The molecule has 8 nitrogen and oxygen atoms in total. The third-order valence-electron chi connectivity index (χ3n) is 5.75. The minimum absolute atomic E-state index is 0.00345. The second-order valence-electron chi connectivity index (χ2n) is 9.24. The van der Waals surface area contributed by atoms with Crippen LogP contribution in [0.15, 0.2) is 35.9 Å². The number of pyridine rings is 1. The lowest BCUT2D eigenvalue weighted by molar-refractivity contribution is 0.0485. The van der Waals surface area contributed by atoms with Crippen molar-refractivity contribution in [3.63, 3.8) is 0 Å². The molecular weight excluding hydrogens is 466 g/mol. The first-order valence-corrected chi connectivity index (χ1v) is 11.9. The van der Waals surface area contributed by atoms with Gasteiger partial charge in [0.2, 0.25) is 0 Å². The number of oxime groups is 1. The van der Waals surface area contributed by atoms with E-state index in [0.717, 1.165) is 24.0 Å². The fourth-order valence-electron chi connectivity index (χ4n) is 3.58. The second kappa shape index (κ2) is 12.1. The van der Waals surface area contributed by atoms with E-state index in [9.17, 15) is 13.9 Å². The molecule has 10 heteroatoms. The molecule has 0 saturated heterocycles. The third kappa shape index (κ3) is 7.12. The maximum Gasteiger partial charge on any atom is 0.282 e. The van der Waals surface area contributed by atoms with Gasteiger partial charge >= 0.3 is 0 Å². The summed E-state index contributed by atoms with van der Waals surface area (Å²) >= 11 is 0. The Morgan fingerprint density at radius 3 is 2.69 bits per heavy atom. The molecule has 2 heterocycles. The second-order valence-corrected chi connectivity index (χ2v) is 9.24. The van der Waals surface area contributed by atoms with E-state index in [2.05, 4.69) is 44.3 Å². The molecule has 2 aromatic rings. The SMILES string of the molecule is C=C(NC)C(O/N=C(\CNC(O)c1cn(C)nc1C(F)F)c1ncc(C#CC2CC2)cc1C)C(C)C. The van der Waals surface area contributed by atoms with Crippen LogP contribution in [-0.2, 0) is 11.9 Å². The predicted molar refractivity (Wildman–Crippen MR) is 134 cm³/mol. The first-order valence-electron chi connectivity index (χ1n) is 11.9. The van der Waals surface area contributed by atoms with Crippen molar-refractivity contribution in [3.8, 4) is 11.8 Å². The van der Waals surface area contributed by atoms with Crippen LogP contribution in [0.5, 0.6) is 0 Å². The molecule has 2 atom stereocenters. The Kier molecular flexibility index (Phi) is 9.18. The molecule has 1 aliphatic rings. The average Bonchev–Trinajstić information content (AvgIpc) is 3.58. The molecule has 2 aromatic heterocycles. The number of aromatic nitrogens is 3. The van der Waals surface area contributed by atoms with Crippen LogP contribution in [-0.4, -0.2) is 45.3 Å². The summed E-state index contributed by atoms with van der Waals surface area (Å²) in [5, 5.41) is 24.6. The molecule has 0 spiro atoms. The maximum atomic E-state index is 13.4. The van der Waals surface area contributed by atoms with Crippen LogP contribution in [0.4, 0.5) is 8.78 Å². The highest BCUT2D eigenvalue weighted by Crippen LogP contribution is 2.28. The summed E-state index contributed by atoms with van der Waals surface area (Å²) in [6.07, 6.45) is 0.674. The van der Waals surface area contributed by atoms with E-state index in [1.54, 1.807) is 13.2 Å². The Hall–Kier alpha value is -3.29. The number of nitrogens with one attached hydrogen (secondary N) is 2. The highest BCUT2D eigenvalue weighted by atomic mass is 19.3. The Morgan fingerprint density at radius 2 is 2.11 bits per heavy atom. The molecule has 2 unspecified atom stereocenters. The standard InChI is InChI=1S/C26H34F2N6O2/c1-15(2)24(17(4)29-5)36-33-21(13-31-26(35)20-14-34(6)32-23(20)25(27)28)22-16(3)11-19(12-30-22)10-9-18-7-8-18/h11-12,14-15,18,24-26,29,31,35H,4,7-8,13H2,1-3,5-6H3/b33-21+. The van der Waals surface area contributed by atoms with Crippen molar-refractivity contribution in [1.29, 1.82) is 0 Å². The van der Waals surface area contributed by atoms with Gasteiger partial charge in [0.1, 0.15) is 17.6 Å². The maximum absolute atomic E-state index is 13.4. The molecule has 3 rings (SSSR count). The van der Waals surface area contributed by atoms with Crippen molar-refractivity contribution in [2.45, 2.75) is 52.4 Å². The van der Waals surface area contributed by atoms with E-state index >= 15 is 0 Å². The molecule has 0 aliphatic heterocycles. The van der Waals surface area contributed by atoms with Crippen molar-refractivity contribution >= 4 is 5.71 Å². The first-order chi connectivity index (χ1) is 17.1. The third-order valence-corrected chi connectivity index (χ3v) is 5.75. The minimum atomic E-state index is -2.82. The largest absolute Gasteiger partial charge is 0.389 e. The van der Waals surface area contributed by atoms with Gasteiger partial charge in [0.25, 0.3) is 6.43 Å². The number of halogens is 2. The predicted octanol–water partition coefficient (Wildman–Crippen LogP) is 3.58. The fourth-order valence-corrected chi connectivity index (χ4v) is 3.58. The van der Waals surface area contributed by atoms with Gasteiger partial charge in [-0.2, -0.15) is 5.10 Å². The van der Waals surface area contributed by atoms with Crippen LogP contribution < -0.4 is 10.6 Å². The monoisotopic (exact) mass is 500 g/mol. The molecule has 1 saturated carbocycles. The fraction of sp³-hybridized carbons (Fsp3) is 0.500. The molecule has 0 aromatic carbocycles. The molecule has 0 amide bonds. The summed E-state index contributed by atoms with van der Waals surface area (Å²) in [4.78, 5) is 10.4. The van der Waals surface area contributed by atoms with Crippen molar-refractivity contribution in [2.75, 3.05) is 13.6 Å². The van der Waals surface area contributed by atoms with Crippen molar-refractivity contribution in [2.24, 2.45) is 24.0 Å². The summed E-state index contributed by atoms with van der Waals surface area (Å²) in [7, 11) is 3.27. The smallest absolute Gasteiger partial charge is 0.282 e. The zero-order valence-corrected chi connectivity index (χ0v) is 21.3. The number of rotatable bonds is 11. The van der Waals surface area contributed by atoms with Gasteiger partial charge in [-0.1, -0.05) is 37.4 Å². The van der Waals surface area contributed by atoms with Gasteiger partial charge in [0.15, 0.2) is 6.10 Å². The van der Waals surface area contributed by atoms with Gasteiger partial charge in [-0.15, -0.1) is 0 Å². The Labute approximate surface area is 210 Å². The zero-order valence-electron chi connectivity index (χ0n) is 21.3. The minimum Gasteiger partial charge on any atom is -0.389 e. The molecule has 1 fully saturated rings. The Bertz CT molecular complexity index is 1160. The normalized spacial score (nSPS) is 15.4. The summed E-state index contributed by atoms with van der Waals surface area (Å²) in [5.41, 5.74) is 2.73. The van der Waals surface area contributed by atoms with Gasteiger partial charge in [0, 0.05) is 55.8 Å². The lowest BCUT2D eigenvalue weighted by Crippen LogP contribution is -2.31. The van der Waals surface area contributed by atoms with Crippen LogP contribution in [0.3, 0.4) is 0 Å². The van der Waals surface area contributed by atoms with Gasteiger partial charge in [-0.05, 0) is 37.3 Å². The molecule has 1 aliphatic carbocycles. The van der Waals surface area contributed by atoms with Gasteiger partial charge in [-0.25, -0.2) is 8.78 Å². The number of likely N-dealkylation sites (N-methyl/N-ethyl adjacent to an activating group) is 1. The van der Waals surface area contributed by atoms with E-state index < -0.39 is 24.5 Å². The summed E-state index contributed by atoms with van der Waals surface area (Å²) < 4.78 is 28.0. The van der Waals surface area contributed by atoms with E-state index in [1.165, 1.54) is 17.9 Å². The molecule has 3 N–H and O–H groups in total. The lowest BCUT2D eigenvalue weighted by Gasteiger charge is -2.22. The van der Waals surface area contributed by atoms with Gasteiger partial charge in [0.05, 0.1) is 5.69 Å². The van der Waals surface area contributed by atoms with Crippen molar-refractivity contribution in [1.82, 2.24) is 25.4 Å². The van der Waals surface area contributed by atoms with E-state index in [0.29, 0.717) is 23.0 Å². The Balaban J connectivity index is 1.87. The van der Waals surface area contributed by atoms with Crippen LogP contribution in [0.25, 0.3) is 0 Å². The highest BCUT2D eigenvalue weighted by molar-refractivity contribution is 6.01. The van der Waals surface area contributed by atoms with Gasteiger partial charge in [-0.3, -0.25) is 15.0 Å². The van der Waals surface area contributed by atoms with Crippen LogP contribution in [0.2, 0.25) is 0 Å². The van der Waals surface area contributed by atoms with Crippen molar-refractivity contribution in [3.05, 3.63) is 58.8 Å². The van der Waals surface area contributed by atoms with E-state index in [-0.39, 0.29) is 18.0 Å². The zero-order chi connectivity index (χ0) is 26.4. The van der Waals surface area contributed by atoms with Crippen LogP contribution in [0, 0.1) is 30.6 Å². The van der Waals surface area contributed by atoms with E-state index in [1.807, 2.05) is 26.8 Å².